The second-order valence-corrected chi connectivity index (χ2v) is 6.91. The van der Waals surface area contributed by atoms with Crippen LogP contribution in [0.15, 0.2) is 58.5 Å². The Morgan fingerprint density at radius 1 is 1.09 bits per heavy atom. The van der Waals surface area contributed by atoms with Crippen molar-refractivity contribution in [3.05, 3.63) is 59.1 Å². The average molecular weight is 336 g/mol. The molecular weight excluding hydrogens is 322 g/mol. The lowest BCUT2D eigenvalue weighted by Crippen LogP contribution is -2.19. The molecule has 1 heterocycles. The first-order valence-corrected chi connectivity index (χ1v) is 8.60. The third-order valence-electron chi connectivity index (χ3n) is 3.43. The molecule has 0 aromatic heterocycles. The standard InChI is InChI=1S/C15H14ClN3O2S/c16-12-7-5-11(6-8-12)13-9-10-19(18-13)14-3-1-2-4-15(14)22(17,20)21/h1-8H,9-10H2,(H2,17,20,21). The van der Waals surface area contributed by atoms with E-state index in [1.54, 1.807) is 35.3 Å². The quantitative estimate of drug-likeness (QED) is 0.936. The third kappa shape index (κ3) is 2.99. The van der Waals surface area contributed by atoms with Crippen LogP contribution in [0.2, 0.25) is 5.02 Å². The number of hydrogen-bond donors (Lipinski definition) is 1. The van der Waals surface area contributed by atoms with Crippen molar-refractivity contribution < 1.29 is 8.42 Å². The highest BCUT2D eigenvalue weighted by Gasteiger charge is 2.22. The zero-order valence-electron chi connectivity index (χ0n) is 11.6. The lowest BCUT2D eigenvalue weighted by molar-refractivity contribution is 0.597. The molecule has 0 radical (unpaired) electrons. The van der Waals surface area contributed by atoms with Crippen LogP contribution in [0, 0.1) is 0 Å². The Hall–Kier alpha value is -1.89. The van der Waals surface area contributed by atoms with Gasteiger partial charge in [-0.2, -0.15) is 5.10 Å². The zero-order chi connectivity index (χ0) is 15.7. The van der Waals surface area contributed by atoms with Crippen molar-refractivity contribution in [2.45, 2.75) is 11.3 Å². The van der Waals surface area contributed by atoms with Gasteiger partial charge in [0, 0.05) is 18.0 Å². The summed E-state index contributed by atoms with van der Waals surface area (Å²) >= 11 is 5.88. The molecule has 5 nitrogen and oxygen atoms in total. The Morgan fingerprint density at radius 2 is 1.77 bits per heavy atom. The predicted octanol–water partition coefficient (Wildman–Crippen LogP) is 2.60. The number of sulfonamides is 1. The van der Waals surface area contributed by atoms with Gasteiger partial charge in [0.15, 0.2) is 0 Å². The third-order valence-corrected chi connectivity index (χ3v) is 4.64. The van der Waals surface area contributed by atoms with Gasteiger partial charge in [0.2, 0.25) is 10.0 Å². The number of halogens is 1. The van der Waals surface area contributed by atoms with Gasteiger partial charge < -0.3 is 0 Å². The molecule has 0 bridgehead atoms. The van der Waals surface area contributed by atoms with Crippen molar-refractivity contribution >= 4 is 33.0 Å². The Kier molecular flexibility index (Phi) is 3.90. The number of para-hydroxylation sites is 1. The summed E-state index contributed by atoms with van der Waals surface area (Å²) in [5.74, 6) is 0. The summed E-state index contributed by atoms with van der Waals surface area (Å²) in [6.07, 6.45) is 0.723. The van der Waals surface area contributed by atoms with Crippen molar-refractivity contribution in [2.75, 3.05) is 11.6 Å². The van der Waals surface area contributed by atoms with Crippen molar-refractivity contribution in [3.63, 3.8) is 0 Å². The number of rotatable bonds is 3. The van der Waals surface area contributed by atoms with Gasteiger partial charge in [-0.3, -0.25) is 5.01 Å². The molecule has 2 aromatic carbocycles. The fourth-order valence-electron chi connectivity index (χ4n) is 2.39. The topological polar surface area (TPSA) is 75.8 Å². The Bertz CT molecular complexity index is 832. The van der Waals surface area contributed by atoms with Crippen molar-refractivity contribution in [3.8, 4) is 0 Å². The van der Waals surface area contributed by atoms with E-state index in [9.17, 15) is 8.42 Å². The maximum atomic E-state index is 11.7. The van der Waals surface area contributed by atoms with Gasteiger partial charge in [-0.05, 0) is 29.8 Å². The van der Waals surface area contributed by atoms with Crippen LogP contribution in [-0.4, -0.2) is 20.7 Å². The number of nitrogens with zero attached hydrogens (tertiary/aromatic N) is 2. The molecule has 2 aromatic rings. The monoisotopic (exact) mass is 335 g/mol. The van der Waals surface area contributed by atoms with Crippen LogP contribution in [0.3, 0.4) is 0 Å². The molecule has 1 aliphatic heterocycles. The van der Waals surface area contributed by atoms with Gasteiger partial charge in [0.25, 0.3) is 0 Å². The van der Waals surface area contributed by atoms with Crippen LogP contribution in [0.25, 0.3) is 0 Å². The summed E-state index contributed by atoms with van der Waals surface area (Å²) in [6, 6.07) is 14.0. The smallest absolute Gasteiger partial charge is 0.240 e. The average Bonchev–Trinajstić information content (AvgIpc) is 2.97. The van der Waals surface area contributed by atoms with Gasteiger partial charge in [0.05, 0.1) is 11.4 Å². The minimum absolute atomic E-state index is 0.0797. The van der Waals surface area contributed by atoms with E-state index in [-0.39, 0.29) is 4.90 Å². The van der Waals surface area contributed by atoms with Crippen LogP contribution in [0.1, 0.15) is 12.0 Å². The van der Waals surface area contributed by atoms with Crippen LogP contribution < -0.4 is 10.1 Å². The molecule has 0 atom stereocenters. The minimum Gasteiger partial charge on any atom is -0.263 e. The van der Waals surface area contributed by atoms with Crippen LogP contribution >= 0.6 is 11.6 Å². The summed E-state index contributed by atoms with van der Waals surface area (Å²) in [6.45, 7) is 0.602. The van der Waals surface area contributed by atoms with Gasteiger partial charge in [-0.25, -0.2) is 13.6 Å². The molecule has 0 aliphatic carbocycles. The second-order valence-electron chi connectivity index (χ2n) is 4.94. The second kappa shape index (κ2) is 5.72. The largest absolute Gasteiger partial charge is 0.263 e. The first-order valence-electron chi connectivity index (χ1n) is 6.68. The molecular formula is C15H14ClN3O2S. The highest BCUT2D eigenvalue weighted by Crippen LogP contribution is 2.28. The maximum Gasteiger partial charge on any atom is 0.240 e. The molecule has 0 unspecified atom stereocenters. The normalized spacial score (nSPS) is 15.0. The summed E-state index contributed by atoms with van der Waals surface area (Å²) in [5.41, 5.74) is 2.36. The van der Waals surface area contributed by atoms with E-state index in [0.29, 0.717) is 17.3 Å². The van der Waals surface area contributed by atoms with E-state index in [2.05, 4.69) is 5.10 Å². The molecule has 2 N–H and O–H groups in total. The van der Waals surface area contributed by atoms with Crippen molar-refractivity contribution in [1.82, 2.24) is 0 Å². The number of hydrazone groups is 1. The molecule has 7 heteroatoms. The first kappa shape index (κ1) is 15.0. The molecule has 0 saturated heterocycles. The lowest BCUT2D eigenvalue weighted by Gasteiger charge is -2.16. The minimum atomic E-state index is -3.79. The SMILES string of the molecule is NS(=O)(=O)c1ccccc1N1CCC(c2ccc(Cl)cc2)=N1. The Morgan fingerprint density at radius 3 is 2.45 bits per heavy atom. The fraction of sp³-hybridized carbons (Fsp3) is 0.133. The maximum absolute atomic E-state index is 11.7. The van der Waals surface area contributed by atoms with Gasteiger partial charge in [-0.15, -0.1) is 0 Å². The first-order chi connectivity index (χ1) is 10.4. The van der Waals surface area contributed by atoms with E-state index in [1.165, 1.54) is 6.07 Å². The van der Waals surface area contributed by atoms with Crippen LogP contribution in [0.5, 0.6) is 0 Å². The number of benzene rings is 2. The van der Waals surface area contributed by atoms with Gasteiger partial charge >= 0.3 is 0 Å². The van der Waals surface area contributed by atoms with Gasteiger partial charge in [0.1, 0.15) is 4.90 Å². The fourth-order valence-corrected chi connectivity index (χ4v) is 3.25. The molecule has 0 fully saturated rings. The molecule has 3 rings (SSSR count). The van der Waals surface area contributed by atoms with Crippen molar-refractivity contribution in [2.24, 2.45) is 10.2 Å². The Labute approximate surface area is 134 Å². The van der Waals surface area contributed by atoms with Crippen LogP contribution in [0.4, 0.5) is 5.69 Å². The zero-order valence-corrected chi connectivity index (χ0v) is 13.2. The lowest BCUT2D eigenvalue weighted by atomic mass is 10.1. The molecule has 0 saturated carbocycles. The predicted molar refractivity (Wildman–Crippen MR) is 87.8 cm³/mol. The number of nitrogens with two attached hydrogens (primary N) is 1. The Balaban J connectivity index is 1.97. The number of primary sulfonamides is 1. The van der Waals surface area contributed by atoms with E-state index in [0.717, 1.165) is 17.7 Å². The van der Waals surface area contributed by atoms with E-state index >= 15 is 0 Å². The van der Waals surface area contributed by atoms with Crippen LogP contribution in [-0.2, 0) is 10.0 Å². The van der Waals surface area contributed by atoms with E-state index in [1.807, 2.05) is 12.1 Å². The summed E-state index contributed by atoms with van der Waals surface area (Å²) in [7, 11) is -3.79. The molecule has 1 aliphatic rings. The number of anilines is 1. The van der Waals surface area contributed by atoms with E-state index < -0.39 is 10.0 Å². The summed E-state index contributed by atoms with van der Waals surface area (Å²) < 4.78 is 23.4. The number of hydrogen-bond acceptors (Lipinski definition) is 4. The molecule has 0 spiro atoms. The summed E-state index contributed by atoms with van der Waals surface area (Å²) in [4.78, 5) is 0.0797. The molecule has 0 amide bonds. The van der Waals surface area contributed by atoms with E-state index in [4.69, 9.17) is 16.7 Å². The highest BCUT2D eigenvalue weighted by molar-refractivity contribution is 7.89. The molecule has 114 valence electrons. The molecule has 22 heavy (non-hydrogen) atoms. The summed E-state index contributed by atoms with van der Waals surface area (Å²) in [5, 5.41) is 12.1. The highest BCUT2D eigenvalue weighted by atomic mass is 35.5. The van der Waals surface area contributed by atoms with Crippen molar-refractivity contribution in [1.29, 1.82) is 0 Å². The van der Waals surface area contributed by atoms with Gasteiger partial charge in [-0.1, -0.05) is 35.9 Å².